The number of hydrogen-bond acceptors (Lipinski definition) is 5. The molecule has 0 radical (unpaired) electrons. The molecule has 2 heterocycles. The third kappa shape index (κ3) is 6.23. The van der Waals surface area contributed by atoms with E-state index in [9.17, 15) is 9.18 Å². The summed E-state index contributed by atoms with van der Waals surface area (Å²) in [5, 5.41) is 3.49. The molecule has 3 aromatic rings. The molecule has 35 heavy (non-hydrogen) atoms. The Morgan fingerprint density at radius 3 is 2.74 bits per heavy atom. The van der Waals surface area contributed by atoms with Crippen LogP contribution in [0.25, 0.3) is 11.1 Å². The van der Waals surface area contributed by atoms with Gasteiger partial charge in [0, 0.05) is 34.8 Å². The molecule has 1 aliphatic heterocycles. The van der Waals surface area contributed by atoms with Crippen LogP contribution in [0.3, 0.4) is 0 Å². The molecule has 4 rings (SSSR count). The molecule has 1 aliphatic rings. The van der Waals surface area contributed by atoms with Gasteiger partial charge in [-0.2, -0.15) is 0 Å². The van der Waals surface area contributed by atoms with Gasteiger partial charge in [-0.1, -0.05) is 35.3 Å². The number of likely N-dealkylation sites (tertiary alicyclic amines) is 1. The first-order chi connectivity index (χ1) is 16.8. The molecule has 2 aromatic carbocycles. The Labute approximate surface area is 214 Å². The largest absolute Gasteiger partial charge is 0.489 e. The van der Waals surface area contributed by atoms with Gasteiger partial charge in [0.1, 0.15) is 5.82 Å². The Morgan fingerprint density at radius 2 is 1.97 bits per heavy atom. The van der Waals surface area contributed by atoms with Gasteiger partial charge in [0.25, 0.3) is 5.91 Å². The Kier molecular flexibility index (Phi) is 8.11. The maximum atomic E-state index is 13.8. The zero-order valence-corrected chi connectivity index (χ0v) is 20.9. The van der Waals surface area contributed by atoms with Crippen LogP contribution in [0.5, 0.6) is 5.75 Å². The minimum Gasteiger partial charge on any atom is -0.489 e. The molecule has 1 saturated heterocycles. The fraction of sp³-hybridized carbons (Fsp3) is 0.308. The fourth-order valence-corrected chi connectivity index (χ4v) is 4.61. The quantitative estimate of drug-likeness (QED) is 0.420. The second kappa shape index (κ2) is 11.2. The average molecular weight is 517 g/mol. The number of carbonyl (C=O) groups is 1. The number of anilines is 1. The van der Waals surface area contributed by atoms with Crippen LogP contribution in [0, 0.1) is 5.82 Å². The maximum Gasteiger partial charge on any atom is 0.251 e. The van der Waals surface area contributed by atoms with E-state index in [1.54, 1.807) is 18.3 Å². The van der Waals surface area contributed by atoms with Crippen LogP contribution in [0.2, 0.25) is 10.0 Å². The van der Waals surface area contributed by atoms with E-state index in [4.69, 9.17) is 33.7 Å². The smallest absolute Gasteiger partial charge is 0.251 e. The van der Waals surface area contributed by atoms with Crippen molar-refractivity contribution >= 4 is 34.9 Å². The summed E-state index contributed by atoms with van der Waals surface area (Å²) in [7, 11) is 2.09. The number of nitrogen functional groups attached to an aromatic ring is 1. The number of nitrogens with zero attached hydrogens (tertiary/aromatic N) is 2. The van der Waals surface area contributed by atoms with Crippen LogP contribution in [-0.4, -0.2) is 48.6 Å². The van der Waals surface area contributed by atoms with Crippen molar-refractivity contribution < 1.29 is 13.9 Å². The number of carbonyl (C=O) groups excluding carboxylic acids is 1. The molecular formula is C26H27Cl2FN4O2. The minimum atomic E-state index is -0.533. The molecule has 0 spiro atoms. The molecule has 0 aliphatic carbocycles. The van der Waals surface area contributed by atoms with Gasteiger partial charge >= 0.3 is 0 Å². The maximum absolute atomic E-state index is 13.8. The predicted octanol–water partition coefficient (Wildman–Crippen LogP) is 5.22. The van der Waals surface area contributed by atoms with Gasteiger partial charge in [-0.15, -0.1) is 0 Å². The van der Waals surface area contributed by atoms with Crippen LogP contribution in [0.4, 0.5) is 10.2 Å². The Bertz CT molecular complexity index is 1220. The molecule has 1 fully saturated rings. The lowest BCUT2D eigenvalue weighted by Gasteiger charge is -2.29. The second-order valence-corrected chi connectivity index (χ2v) is 9.44. The van der Waals surface area contributed by atoms with Gasteiger partial charge < -0.3 is 20.7 Å². The number of halogens is 3. The van der Waals surface area contributed by atoms with Gasteiger partial charge in [0.2, 0.25) is 0 Å². The summed E-state index contributed by atoms with van der Waals surface area (Å²) >= 11 is 12.2. The lowest BCUT2D eigenvalue weighted by molar-refractivity contribution is 0.0917. The topological polar surface area (TPSA) is 80.5 Å². The number of benzene rings is 2. The highest BCUT2D eigenvalue weighted by atomic mass is 35.5. The third-order valence-corrected chi connectivity index (χ3v) is 6.90. The van der Waals surface area contributed by atoms with E-state index in [-0.39, 0.29) is 29.4 Å². The normalized spacial score (nSPS) is 14.6. The average Bonchev–Trinajstić information content (AvgIpc) is 2.86. The number of piperidine rings is 1. The number of aromatic nitrogens is 1. The molecule has 1 amide bonds. The molecule has 0 unspecified atom stereocenters. The van der Waals surface area contributed by atoms with E-state index < -0.39 is 5.82 Å². The van der Waals surface area contributed by atoms with Gasteiger partial charge in [-0.3, -0.25) is 4.79 Å². The molecule has 0 saturated carbocycles. The summed E-state index contributed by atoms with van der Waals surface area (Å²) in [5.41, 5.74) is 8.63. The van der Waals surface area contributed by atoms with Crippen molar-refractivity contribution in [3.8, 4) is 16.9 Å². The standard InChI is InChI=1S/C26H27Cl2FN4O2/c1-33-10-7-19(8-11-33)32-26(34)17-4-2-3-16(13-17)18-14-23(25(30)31-15-18)35-12-9-20-21(27)5-6-22(29)24(20)28/h2-6,13-15,19H,7-12H2,1H3,(H2,30,31)(H,32,34). The Hall–Kier alpha value is -2.87. The zero-order valence-electron chi connectivity index (χ0n) is 19.4. The van der Waals surface area contributed by atoms with Crippen LogP contribution < -0.4 is 15.8 Å². The number of ether oxygens (including phenoxy) is 1. The summed E-state index contributed by atoms with van der Waals surface area (Å²) in [5.74, 6) is -0.0206. The number of hydrogen-bond donors (Lipinski definition) is 2. The molecule has 0 atom stereocenters. The summed E-state index contributed by atoms with van der Waals surface area (Å²) in [4.78, 5) is 19.3. The lowest BCUT2D eigenvalue weighted by atomic mass is 10.0. The molecule has 184 valence electrons. The van der Waals surface area contributed by atoms with Crippen LogP contribution in [0.15, 0.2) is 48.7 Å². The zero-order chi connectivity index (χ0) is 24.9. The van der Waals surface area contributed by atoms with Crippen LogP contribution in [-0.2, 0) is 6.42 Å². The lowest BCUT2D eigenvalue weighted by Crippen LogP contribution is -2.43. The first-order valence-corrected chi connectivity index (χ1v) is 12.2. The SMILES string of the molecule is CN1CCC(NC(=O)c2cccc(-c3cnc(N)c(OCCc4c(Cl)ccc(F)c4Cl)c3)c2)CC1. The predicted molar refractivity (Wildman–Crippen MR) is 138 cm³/mol. The van der Waals surface area contributed by atoms with Crippen molar-refractivity contribution in [3.05, 3.63) is 75.7 Å². The summed E-state index contributed by atoms with van der Waals surface area (Å²) in [6, 6.07) is 12.0. The molecule has 9 heteroatoms. The van der Waals surface area contributed by atoms with Crippen LogP contribution in [0.1, 0.15) is 28.8 Å². The van der Waals surface area contributed by atoms with Gasteiger partial charge in [-0.05, 0) is 74.4 Å². The van der Waals surface area contributed by atoms with Crippen molar-refractivity contribution in [2.45, 2.75) is 25.3 Å². The second-order valence-electron chi connectivity index (χ2n) is 8.66. The Balaban J connectivity index is 1.44. The van der Waals surface area contributed by atoms with Gasteiger partial charge in [0.15, 0.2) is 11.6 Å². The summed E-state index contributed by atoms with van der Waals surface area (Å²) in [6.07, 6.45) is 3.81. The summed E-state index contributed by atoms with van der Waals surface area (Å²) < 4.78 is 19.6. The van der Waals surface area contributed by atoms with Crippen molar-refractivity contribution in [2.24, 2.45) is 0 Å². The molecular weight excluding hydrogens is 490 g/mol. The number of rotatable bonds is 7. The first kappa shape index (κ1) is 25.2. The molecule has 6 nitrogen and oxygen atoms in total. The van der Waals surface area contributed by atoms with Crippen LogP contribution >= 0.6 is 23.2 Å². The van der Waals surface area contributed by atoms with E-state index in [0.29, 0.717) is 28.3 Å². The number of nitrogens with two attached hydrogens (primary N) is 1. The third-order valence-electron chi connectivity index (χ3n) is 6.14. The Morgan fingerprint density at radius 1 is 1.20 bits per heavy atom. The van der Waals surface area contributed by atoms with Crippen molar-refractivity contribution in [2.75, 3.05) is 32.5 Å². The number of nitrogens with one attached hydrogen (secondary N) is 1. The molecule has 1 aromatic heterocycles. The molecule has 0 bridgehead atoms. The monoisotopic (exact) mass is 516 g/mol. The number of amides is 1. The van der Waals surface area contributed by atoms with Crippen molar-refractivity contribution in [3.63, 3.8) is 0 Å². The number of pyridine rings is 1. The first-order valence-electron chi connectivity index (χ1n) is 11.4. The highest BCUT2D eigenvalue weighted by Crippen LogP contribution is 2.30. The highest BCUT2D eigenvalue weighted by Gasteiger charge is 2.19. The van der Waals surface area contributed by atoms with E-state index in [1.807, 2.05) is 18.2 Å². The van der Waals surface area contributed by atoms with Crippen molar-refractivity contribution in [1.82, 2.24) is 15.2 Å². The van der Waals surface area contributed by atoms with Crippen molar-refractivity contribution in [1.29, 1.82) is 0 Å². The highest BCUT2D eigenvalue weighted by molar-refractivity contribution is 6.36. The van der Waals surface area contributed by atoms with E-state index in [0.717, 1.165) is 37.1 Å². The molecule has 3 N–H and O–H groups in total. The van der Waals surface area contributed by atoms with E-state index >= 15 is 0 Å². The van der Waals surface area contributed by atoms with E-state index in [2.05, 4.69) is 22.2 Å². The van der Waals surface area contributed by atoms with E-state index in [1.165, 1.54) is 12.1 Å². The van der Waals surface area contributed by atoms with Gasteiger partial charge in [0.05, 0.1) is 11.6 Å². The fourth-order valence-electron chi connectivity index (χ4n) is 4.05. The van der Waals surface area contributed by atoms with Gasteiger partial charge in [-0.25, -0.2) is 9.37 Å². The minimum absolute atomic E-state index is 0.0173. The summed E-state index contributed by atoms with van der Waals surface area (Å²) in [6.45, 7) is 2.13.